The number of carbonyl (C=O) groups excluding carboxylic acids is 1. The number of sulfonamides is 1. The van der Waals surface area contributed by atoms with E-state index in [1.54, 1.807) is 62.7 Å². The molecule has 4 rings (SSSR count). The summed E-state index contributed by atoms with van der Waals surface area (Å²) in [7, 11) is -1.92. The predicted octanol–water partition coefficient (Wildman–Crippen LogP) is 3.78. The number of pyridine rings is 1. The number of H-pyrrole nitrogens is 1. The Bertz CT molecular complexity index is 1500. The average Bonchev–Trinajstić information content (AvgIpc) is 3.32. The van der Waals surface area contributed by atoms with Crippen molar-refractivity contribution in [2.75, 3.05) is 22.8 Å². The van der Waals surface area contributed by atoms with Gasteiger partial charge in [-0.15, -0.1) is 0 Å². The Balaban J connectivity index is 1.69. The second-order valence-electron chi connectivity index (χ2n) is 7.62. The summed E-state index contributed by atoms with van der Waals surface area (Å²) < 4.78 is 27.0. The number of nitrogens with one attached hydrogen (secondary N) is 4. The first-order valence-electron chi connectivity index (χ1n) is 11.0. The van der Waals surface area contributed by atoms with Crippen molar-refractivity contribution in [3.05, 3.63) is 71.7 Å². The van der Waals surface area contributed by atoms with Crippen LogP contribution >= 0.6 is 0 Å². The van der Waals surface area contributed by atoms with E-state index >= 15 is 0 Å². The highest BCUT2D eigenvalue weighted by atomic mass is 32.2. The quantitative estimate of drug-likeness (QED) is 0.279. The molecule has 0 radical (unpaired) electrons. The lowest BCUT2D eigenvalue weighted by Gasteiger charge is -2.11. The second-order valence-corrected chi connectivity index (χ2v) is 9.46. The number of carbonyl (C=O) groups is 1. The number of benzene rings is 1. The lowest BCUT2D eigenvalue weighted by atomic mass is 10.1. The van der Waals surface area contributed by atoms with Crippen molar-refractivity contribution in [1.82, 2.24) is 25.3 Å². The maximum atomic E-state index is 12.2. The SMILES string of the molecule is CCCS(=O)(=O)Nc1ncccc1/C=C/c1nc(Nc2ccccc2C(=O)NC)nc2[nH]ccc12. The van der Waals surface area contributed by atoms with Crippen molar-refractivity contribution in [3.63, 3.8) is 0 Å². The van der Waals surface area contributed by atoms with E-state index in [-0.39, 0.29) is 17.5 Å². The van der Waals surface area contributed by atoms with Crippen LogP contribution in [0.4, 0.5) is 17.5 Å². The summed E-state index contributed by atoms with van der Waals surface area (Å²) in [5.41, 5.74) is 2.82. The van der Waals surface area contributed by atoms with Gasteiger partial charge in [-0.05, 0) is 48.9 Å². The minimum absolute atomic E-state index is 0.00910. The summed E-state index contributed by atoms with van der Waals surface area (Å²) in [6.45, 7) is 1.80. The van der Waals surface area contributed by atoms with Gasteiger partial charge in [0.1, 0.15) is 11.5 Å². The molecule has 4 N–H and O–H groups in total. The number of hydrogen-bond donors (Lipinski definition) is 4. The van der Waals surface area contributed by atoms with Gasteiger partial charge in [-0.1, -0.05) is 19.1 Å². The van der Waals surface area contributed by atoms with Crippen LogP contribution < -0.4 is 15.4 Å². The lowest BCUT2D eigenvalue weighted by molar-refractivity contribution is 0.0964. The molecule has 0 spiro atoms. The topological polar surface area (TPSA) is 142 Å². The molecule has 0 aliphatic rings. The zero-order chi connectivity index (χ0) is 24.8. The fourth-order valence-corrected chi connectivity index (χ4v) is 4.57. The maximum Gasteiger partial charge on any atom is 0.253 e. The average molecular weight is 492 g/mol. The maximum absolute atomic E-state index is 12.2. The van der Waals surface area contributed by atoms with Gasteiger partial charge in [-0.3, -0.25) is 9.52 Å². The van der Waals surface area contributed by atoms with Gasteiger partial charge in [-0.2, -0.15) is 4.98 Å². The van der Waals surface area contributed by atoms with Crippen LogP contribution in [-0.4, -0.2) is 47.1 Å². The molecule has 10 nitrogen and oxygen atoms in total. The predicted molar refractivity (Wildman–Crippen MR) is 138 cm³/mol. The number of aromatic nitrogens is 4. The van der Waals surface area contributed by atoms with Crippen molar-refractivity contribution >= 4 is 56.6 Å². The Morgan fingerprint density at radius 3 is 2.71 bits per heavy atom. The van der Waals surface area contributed by atoms with Crippen molar-refractivity contribution < 1.29 is 13.2 Å². The summed E-state index contributed by atoms with van der Waals surface area (Å²) in [4.78, 5) is 28.6. The zero-order valence-corrected chi connectivity index (χ0v) is 20.1. The van der Waals surface area contributed by atoms with Gasteiger partial charge in [0, 0.05) is 30.4 Å². The summed E-state index contributed by atoms with van der Waals surface area (Å²) in [6, 6.07) is 12.4. The number of rotatable bonds is 9. The van der Waals surface area contributed by atoms with Gasteiger partial charge in [0.2, 0.25) is 16.0 Å². The minimum atomic E-state index is -3.49. The number of nitrogens with zero attached hydrogens (tertiary/aromatic N) is 3. The van der Waals surface area contributed by atoms with E-state index in [2.05, 4.69) is 35.3 Å². The number of hydrogen-bond acceptors (Lipinski definition) is 7. The molecule has 0 aliphatic heterocycles. The fraction of sp³-hybridized carbons (Fsp3) is 0.167. The molecule has 0 aliphatic carbocycles. The Morgan fingerprint density at radius 1 is 1.09 bits per heavy atom. The zero-order valence-electron chi connectivity index (χ0n) is 19.2. The van der Waals surface area contributed by atoms with E-state index in [0.29, 0.717) is 40.5 Å². The molecular formula is C24H25N7O3S. The van der Waals surface area contributed by atoms with Crippen LogP contribution in [0.2, 0.25) is 0 Å². The van der Waals surface area contributed by atoms with Crippen LogP contribution in [0.5, 0.6) is 0 Å². The summed E-state index contributed by atoms with van der Waals surface area (Å²) in [5.74, 6) is 0.319. The number of fused-ring (bicyclic) bond motifs is 1. The molecular weight excluding hydrogens is 466 g/mol. The molecule has 0 saturated heterocycles. The second kappa shape index (κ2) is 10.3. The van der Waals surface area contributed by atoms with E-state index < -0.39 is 10.0 Å². The normalized spacial score (nSPS) is 11.6. The first-order chi connectivity index (χ1) is 16.9. The summed E-state index contributed by atoms with van der Waals surface area (Å²) in [6.07, 6.45) is 7.30. The number of anilines is 3. The molecule has 4 aromatic rings. The molecule has 0 saturated carbocycles. The highest BCUT2D eigenvalue weighted by molar-refractivity contribution is 7.92. The van der Waals surface area contributed by atoms with E-state index in [1.807, 2.05) is 12.1 Å². The molecule has 1 amide bonds. The van der Waals surface area contributed by atoms with Crippen molar-refractivity contribution in [1.29, 1.82) is 0 Å². The van der Waals surface area contributed by atoms with E-state index in [1.165, 1.54) is 6.20 Å². The highest BCUT2D eigenvalue weighted by Crippen LogP contribution is 2.24. The van der Waals surface area contributed by atoms with Crippen molar-refractivity contribution in [2.24, 2.45) is 0 Å². The third-order valence-corrected chi connectivity index (χ3v) is 6.53. The third kappa shape index (κ3) is 5.64. The van der Waals surface area contributed by atoms with Gasteiger partial charge < -0.3 is 15.6 Å². The minimum Gasteiger partial charge on any atom is -0.355 e. The Kier molecular flexibility index (Phi) is 7.06. The molecule has 35 heavy (non-hydrogen) atoms. The summed E-state index contributed by atoms with van der Waals surface area (Å²) in [5, 5.41) is 6.52. The molecule has 1 aromatic carbocycles. The third-order valence-electron chi connectivity index (χ3n) is 5.08. The monoisotopic (exact) mass is 491 g/mol. The number of amides is 1. The van der Waals surface area contributed by atoms with Gasteiger partial charge in [-0.25, -0.2) is 18.4 Å². The lowest BCUT2D eigenvalue weighted by Crippen LogP contribution is -2.19. The van der Waals surface area contributed by atoms with Crippen LogP contribution in [0.25, 0.3) is 23.2 Å². The van der Waals surface area contributed by atoms with E-state index in [9.17, 15) is 13.2 Å². The van der Waals surface area contributed by atoms with Crippen molar-refractivity contribution in [2.45, 2.75) is 13.3 Å². The molecule has 3 aromatic heterocycles. The first kappa shape index (κ1) is 23.9. The van der Waals surface area contributed by atoms with E-state index in [0.717, 1.165) is 5.39 Å². The van der Waals surface area contributed by atoms with Crippen LogP contribution in [0, 0.1) is 0 Å². The van der Waals surface area contributed by atoms with Crippen LogP contribution in [0.1, 0.15) is 35.0 Å². The molecule has 0 atom stereocenters. The standard InChI is InChI=1S/C24H25N7O3S/c1-3-15-35(33,34)31-21-16(7-6-13-26-21)10-11-20-17-12-14-27-22(17)30-24(29-20)28-19-9-5-4-8-18(19)23(32)25-2/h4-14H,3,15H2,1-2H3,(H,25,32)(H,26,31)(H2,27,28,29,30)/b11-10+. The van der Waals surface area contributed by atoms with Crippen molar-refractivity contribution in [3.8, 4) is 0 Å². The largest absolute Gasteiger partial charge is 0.355 e. The van der Waals surface area contributed by atoms with Gasteiger partial charge in [0.05, 0.1) is 22.7 Å². The fourth-order valence-electron chi connectivity index (χ4n) is 3.47. The number of para-hydroxylation sites is 1. The van der Waals surface area contributed by atoms with Gasteiger partial charge in [0.15, 0.2) is 0 Å². The van der Waals surface area contributed by atoms with E-state index in [4.69, 9.17) is 0 Å². The highest BCUT2D eigenvalue weighted by Gasteiger charge is 2.14. The van der Waals surface area contributed by atoms with Crippen LogP contribution in [0.15, 0.2) is 54.9 Å². The molecule has 11 heteroatoms. The first-order valence-corrected chi connectivity index (χ1v) is 12.6. The Labute approximate surface area is 203 Å². The van der Waals surface area contributed by atoms with Gasteiger partial charge in [0.25, 0.3) is 5.91 Å². The molecule has 3 heterocycles. The molecule has 180 valence electrons. The molecule has 0 bridgehead atoms. The molecule has 0 fully saturated rings. The number of aromatic amines is 1. The van der Waals surface area contributed by atoms with Gasteiger partial charge >= 0.3 is 0 Å². The smallest absolute Gasteiger partial charge is 0.253 e. The molecule has 0 unspecified atom stereocenters. The van der Waals surface area contributed by atoms with Crippen LogP contribution in [0.3, 0.4) is 0 Å². The van der Waals surface area contributed by atoms with Crippen LogP contribution in [-0.2, 0) is 10.0 Å². The Hall–Kier alpha value is -4.25. The summed E-state index contributed by atoms with van der Waals surface area (Å²) >= 11 is 0. The Morgan fingerprint density at radius 2 is 1.91 bits per heavy atom.